The van der Waals surface area contributed by atoms with Crippen LogP contribution in [0, 0.1) is 0 Å². The van der Waals surface area contributed by atoms with Crippen LogP contribution < -0.4 is 15.1 Å². The average Bonchev–Trinajstić information content (AvgIpc) is 2.86. The number of nitrogens with zero attached hydrogens (tertiary/aromatic N) is 6. The van der Waals surface area contributed by atoms with Gasteiger partial charge in [-0.1, -0.05) is 0 Å². The maximum absolute atomic E-state index is 12.9. The summed E-state index contributed by atoms with van der Waals surface area (Å²) in [5.74, 6) is 1.10. The zero-order valence-electron chi connectivity index (χ0n) is 21.8. The van der Waals surface area contributed by atoms with Crippen molar-refractivity contribution in [2.24, 2.45) is 0 Å². The number of rotatable bonds is 6. The number of pyridine rings is 1. The lowest BCUT2D eigenvalue weighted by Gasteiger charge is -2.48. The molecule has 0 aromatic carbocycles. The molecule has 0 radical (unpaired) electrons. The number of carbonyl (C=O) groups excluding carboxylic acids is 1. The van der Waals surface area contributed by atoms with Gasteiger partial charge in [0.15, 0.2) is 0 Å². The Bertz CT molecular complexity index is 1000. The predicted octanol–water partition coefficient (Wildman–Crippen LogP) is 3.16. The first kappa shape index (κ1) is 25.9. The summed E-state index contributed by atoms with van der Waals surface area (Å²) in [5.41, 5.74) is 3.69. The lowest BCUT2D eigenvalue weighted by Crippen LogP contribution is -2.63. The maximum atomic E-state index is 12.9. The van der Waals surface area contributed by atoms with Crippen LogP contribution in [0.2, 0.25) is 0 Å². The van der Waals surface area contributed by atoms with E-state index < -0.39 is 5.60 Å². The number of carbonyl (C=O) groups is 1. The van der Waals surface area contributed by atoms with Crippen molar-refractivity contribution in [3.05, 3.63) is 36.8 Å². The zero-order valence-corrected chi connectivity index (χ0v) is 21.8. The molecule has 2 fully saturated rings. The van der Waals surface area contributed by atoms with E-state index in [1.54, 1.807) is 36.7 Å². The summed E-state index contributed by atoms with van der Waals surface area (Å²) in [7, 11) is 1.60. The van der Waals surface area contributed by atoms with Crippen LogP contribution in [0.25, 0.3) is 0 Å². The van der Waals surface area contributed by atoms with E-state index in [1.807, 2.05) is 32.9 Å². The first-order valence-corrected chi connectivity index (χ1v) is 12.4. The van der Waals surface area contributed by atoms with Gasteiger partial charge >= 0.3 is 6.09 Å². The molecule has 0 saturated carbocycles. The minimum atomic E-state index is -0.549. The summed E-state index contributed by atoms with van der Waals surface area (Å²) >= 11 is 0. The van der Waals surface area contributed by atoms with Crippen molar-refractivity contribution in [3.8, 4) is 5.88 Å². The minimum Gasteiger partial charge on any atom is -0.479 e. The van der Waals surface area contributed by atoms with Gasteiger partial charge in [-0.15, -0.1) is 0 Å². The monoisotopic (exact) mass is 499 g/mol. The molecule has 2 saturated heterocycles. The average molecular weight is 500 g/mol. The van der Waals surface area contributed by atoms with Crippen molar-refractivity contribution < 1.29 is 19.0 Å². The van der Waals surface area contributed by atoms with Gasteiger partial charge in [-0.3, -0.25) is 0 Å². The van der Waals surface area contributed by atoms with Gasteiger partial charge in [-0.05, 0) is 58.7 Å². The van der Waals surface area contributed by atoms with Crippen LogP contribution in [0.3, 0.4) is 0 Å². The van der Waals surface area contributed by atoms with Crippen LogP contribution in [-0.2, 0) is 9.47 Å². The van der Waals surface area contributed by atoms with E-state index in [-0.39, 0.29) is 24.4 Å². The third-order valence-corrected chi connectivity index (χ3v) is 6.25. The number of hydrazine groups is 1. The van der Waals surface area contributed by atoms with E-state index in [0.717, 1.165) is 18.5 Å². The first-order valence-electron chi connectivity index (χ1n) is 12.4. The largest absolute Gasteiger partial charge is 0.479 e. The van der Waals surface area contributed by atoms with Crippen molar-refractivity contribution in [1.82, 2.24) is 24.9 Å². The van der Waals surface area contributed by atoms with Gasteiger partial charge < -0.3 is 29.4 Å². The molecule has 36 heavy (non-hydrogen) atoms. The Hall–Kier alpha value is -3.18. The summed E-state index contributed by atoms with van der Waals surface area (Å²) in [6.07, 6.45) is 6.24. The quantitative estimate of drug-likeness (QED) is 0.637. The predicted molar refractivity (Wildman–Crippen MR) is 136 cm³/mol. The molecular formula is C25H37N7O4. The number of ether oxygens (including phenoxy) is 3. The van der Waals surface area contributed by atoms with Crippen LogP contribution in [0.1, 0.15) is 40.5 Å². The van der Waals surface area contributed by atoms with E-state index in [4.69, 9.17) is 14.2 Å². The lowest BCUT2D eigenvalue weighted by atomic mass is 10.0. The van der Waals surface area contributed by atoms with Crippen LogP contribution >= 0.6 is 0 Å². The molecule has 0 spiro atoms. The molecule has 2 aliphatic heterocycles. The number of anilines is 2. The van der Waals surface area contributed by atoms with Crippen molar-refractivity contribution in [2.45, 2.75) is 64.4 Å². The number of aromatic nitrogens is 3. The maximum Gasteiger partial charge on any atom is 0.410 e. The van der Waals surface area contributed by atoms with Gasteiger partial charge in [-0.2, -0.15) is 0 Å². The van der Waals surface area contributed by atoms with Crippen LogP contribution in [0.4, 0.5) is 16.4 Å². The van der Waals surface area contributed by atoms with E-state index >= 15 is 0 Å². The second-order valence-electron chi connectivity index (χ2n) is 10.0. The first-order chi connectivity index (χ1) is 17.3. The fourth-order valence-electron chi connectivity index (χ4n) is 4.62. The summed E-state index contributed by atoms with van der Waals surface area (Å²) in [4.78, 5) is 30.2. The van der Waals surface area contributed by atoms with Gasteiger partial charge in [0.2, 0.25) is 11.8 Å². The second-order valence-corrected chi connectivity index (χ2v) is 10.0. The van der Waals surface area contributed by atoms with E-state index in [9.17, 15) is 4.79 Å². The number of hydrogen-bond acceptors (Lipinski definition) is 10. The molecule has 0 aliphatic carbocycles. The molecule has 11 nitrogen and oxygen atoms in total. The van der Waals surface area contributed by atoms with Gasteiger partial charge in [0.05, 0.1) is 25.8 Å². The van der Waals surface area contributed by atoms with Gasteiger partial charge in [0.1, 0.15) is 17.5 Å². The Balaban J connectivity index is 1.57. The Morgan fingerprint density at radius 2 is 1.92 bits per heavy atom. The molecule has 11 heteroatoms. The van der Waals surface area contributed by atoms with Crippen LogP contribution in [0.5, 0.6) is 5.88 Å². The van der Waals surface area contributed by atoms with E-state index in [2.05, 4.69) is 37.2 Å². The summed E-state index contributed by atoms with van der Waals surface area (Å²) in [5, 5.41) is 2.12. The zero-order chi connectivity index (χ0) is 25.7. The summed E-state index contributed by atoms with van der Waals surface area (Å²) in [6, 6.07) is 5.48. The smallest absolute Gasteiger partial charge is 0.410 e. The van der Waals surface area contributed by atoms with Crippen LogP contribution in [-0.4, -0.2) is 88.2 Å². The molecule has 3 atom stereocenters. The fraction of sp³-hybridized carbons (Fsp3) is 0.600. The molecule has 1 N–H and O–H groups in total. The summed E-state index contributed by atoms with van der Waals surface area (Å²) < 4.78 is 17.4. The molecular weight excluding hydrogens is 462 g/mol. The SMILES string of the molecule is COc1ncccc1NN1CCOC(N(c2ncccn2)C2CCCN(C(=O)OC(C)(C)C)C2)C1C. The normalized spacial score (nSPS) is 23.1. The minimum absolute atomic E-state index is 0.0333. The molecule has 4 heterocycles. The Morgan fingerprint density at radius 1 is 1.17 bits per heavy atom. The Morgan fingerprint density at radius 3 is 2.64 bits per heavy atom. The van der Waals surface area contributed by atoms with Crippen molar-refractivity contribution in [2.75, 3.05) is 43.7 Å². The molecule has 2 aromatic rings. The van der Waals surface area contributed by atoms with Crippen molar-refractivity contribution >= 4 is 17.7 Å². The van der Waals surface area contributed by atoms with Gasteiger partial charge in [0, 0.05) is 38.2 Å². The highest BCUT2D eigenvalue weighted by Crippen LogP contribution is 2.29. The standard InChI is InChI=1S/C25H37N7O4/c1-18-22(35-16-15-31(18)29-20-10-6-11-26-21(20)34-5)32(23-27-12-8-13-28-23)19-9-7-14-30(17-19)24(33)36-25(2,3)4/h6,8,10-13,18-19,22,29H,7,9,14-17H2,1-5H3. The molecule has 1 amide bonds. The summed E-state index contributed by atoms with van der Waals surface area (Å²) in [6.45, 7) is 10.1. The molecule has 2 aliphatic rings. The third kappa shape index (κ3) is 6.14. The molecule has 4 rings (SSSR count). The Labute approximate surface area is 212 Å². The number of nitrogens with one attached hydrogen (secondary N) is 1. The number of methoxy groups -OCH3 is 1. The fourth-order valence-corrected chi connectivity index (χ4v) is 4.62. The number of morpholine rings is 1. The van der Waals surface area contributed by atoms with Gasteiger partial charge in [0.25, 0.3) is 0 Å². The van der Waals surface area contributed by atoms with Crippen LogP contribution in [0.15, 0.2) is 36.8 Å². The van der Waals surface area contributed by atoms with E-state index in [0.29, 0.717) is 38.1 Å². The number of amides is 1. The number of likely N-dealkylation sites (tertiary alicyclic amines) is 1. The van der Waals surface area contributed by atoms with Crippen molar-refractivity contribution in [3.63, 3.8) is 0 Å². The number of piperidine rings is 1. The van der Waals surface area contributed by atoms with E-state index in [1.165, 1.54) is 0 Å². The molecule has 0 bridgehead atoms. The highest BCUT2D eigenvalue weighted by molar-refractivity contribution is 5.68. The highest BCUT2D eigenvalue weighted by Gasteiger charge is 2.41. The lowest BCUT2D eigenvalue weighted by molar-refractivity contribution is -0.0633. The molecule has 3 unspecified atom stereocenters. The second kappa shape index (κ2) is 11.3. The van der Waals surface area contributed by atoms with Gasteiger partial charge in [-0.25, -0.2) is 24.8 Å². The molecule has 196 valence electrons. The third-order valence-electron chi connectivity index (χ3n) is 6.25. The van der Waals surface area contributed by atoms with Crippen molar-refractivity contribution in [1.29, 1.82) is 0 Å². The Kier molecular flexibility index (Phi) is 8.10. The molecule has 2 aromatic heterocycles. The number of hydrogen-bond donors (Lipinski definition) is 1. The highest BCUT2D eigenvalue weighted by atomic mass is 16.6. The topological polar surface area (TPSA) is 105 Å².